The molecule has 3 aromatic rings. The third-order valence-corrected chi connectivity index (χ3v) is 5.58. The maximum atomic E-state index is 13.1. The Labute approximate surface area is 161 Å². The zero-order chi connectivity index (χ0) is 18.6. The molecule has 0 atom stereocenters. The molecule has 4 rings (SSSR count). The smallest absolute Gasteiger partial charge is 0.163 e. The molecule has 0 fully saturated rings. The molecule has 1 aliphatic rings. The number of ketones is 1. The van der Waals surface area contributed by atoms with Crippen LogP contribution < -0.4 is 0 Å². The molecule has 1 heterocycles. The molecule has 27 heavy (non-hydrogen) atoms. The minimum atomic E-state index is 0.255. The predicted octanol–water partition coefficient (Wildman–Crippen LogP) is 5.62. The summed E-state index contributed by atoms with van der Waals surface area (Å²) in [7, 11) is 0. The molecule has 0 spiro atoms. The van der Waals surface area contributed by atoms with Crippen molar-refractivity contribution in [2.75, 3.05) is 0 Å². The number of carbonyl (C=O) groups is 1. The molecule has 2 aromatic carbocycles. The zero-order valence-corrected chi connectivity index (χ0v) is 15.9. The Balaban J connectivity index is 1.70. The number of Topliss-reactive ketones (excluding diaryl/α,β-unsaturated/α-hetero) is 1. The molecule has 2 heteroatoms. The van der Waals surface area contributed by atoms with E-state index in [9.17, 15) is 4.79 Å². The van der Waals surface area contributed by atoms with Crippen molar-refractivity contribution in [1.82, 2.24) is 4.98 Å². The van der Waals surface area contributed by atoms with Crippen LogP contribution in [-0.4, -0.2) is 10.8 Å². The van der Waals surface area contributed by atoms with E-state index in [1.807, 2.05) is 12.3 Å². The van der Waals surface area contributed by atoms with E-state index in [0.29, 0.717) is 6.42 Å². The van der Waals surface area contributed by atoms with Crippen molar-refractivity contribution in [2.24, 2.45) is 0 Å². The number of benzene rings is 2. The van der Waals surface area contributed by atoms with E-state index in [2.05, 4.69) is 60.4 Å². The summed E-state index contributed by atoms with van der Waals surface area (Å²) in [4.78, 5) is 17.6. The summed E-state index contributed by atoms with van der Waals surface area (Å²) in [6.45, 7) is 2.12. The standard InChI is InChI=1S/C25H25NO/c1-2-24-22(11-6-16-26-24)21-13-12-20-10-5-9-18-7-3-4-8-19(18)14-15-25(27)23(20)17-21/h3-4,6-8,11-13,16-17H,2,5,9-10,14-15H2,1H3. The van der Waals surface area contributed by atoms with Gasteiger partial charge in [0, 0.05) is 29.4 Å². The van der Waals surface area contributed by atoms with Crippen LogP contribution in [0.1, 0.15) is 52.5 Å². The third-order valence-electron chi connectivity index (χ3n) is 5.58. The number of aryl methyl sites for hydroxylation is 4. The van der Waals surface area contributed by atoms with Gasteiger partial charge in [0.1, 0.15) is 0 Å². The SMILES string of the molecule is CCc1ncccc1-c1ccc2c(c1)C(=O)CCc1ccccc1CCC2. The van der Waals surface area contributed by atoms with Crippen LogP contribution >= 0.6 is 0 Å². The summed E-state index contributed by atoms with van der Waals surface area (Å²) in [5.41, 5.74) is 8.13. The minimum Gasteiger partial charge on any atom is -0.294 e. The Morgan fingerprint density at radius 2 is 1.59 bits per heavy atom. The average molecular weight is 355 g/mol. The Kier molecular flexibility index (Phi) is 5.15. The van der Waals surface area contributed by atoms with Gasteiger partial charge >= 0.3 is 0 Å². The van der Waals surface area contributed by atoms with Crippen LogP contribution in [0.4, 0.5) is 0 Å². The molecule has 0 N–H and O–H groups in total. The third kappa shape index (κ3) is 3.71. The van der Waals surface area contributed by atoms with Gasteiger partial charge in [-0.2, -0.15) is 0 Å². The van der Waals surface area contributed by atoms with Gasteiger partial charge in [-0.1, -0.05) is 49.4 Å². The first kappa shape index (κ1) is 17.7. The van der Waals surface area contributed by atoms with E-state index >= 15 is 0 Å². The quantitative estimate of drug-likeness (QED) is 0.597. The van der Waals surface area contributed by atoms with Crippen molar-refractivity contribution in [3.8, 4) is 11.1 Å². The number of fused-ring (bicyclic) bond motifs is 2. The van der Waals surface area contributed by atoms with Crippen molar-refractivity contribution >= 4 is 5.78 Å². The normalized spacial score (nSPS) is 14.3. The van der Waals surface area contributed by atoms with Gasteiger partial charge in [0.2, 0.25) is 0 Å². The summed E-state index contributed by atoms with van der Waals surface area (Å²) >= 11 is 0. The zero-order valence-electron chi connectivity index (χ0n) is 15.9. The molecular formula is C25H25NO. The first-order valence-corrected chi connectivity index (χ1v) is 9.93. The van der Waals surface area contributed by atoms with E-state index < -0.39 is 0 Å². The first-order chi connectivity index (χ1) is 13.3. The Morgan fingerprint density at radius 1 is 0.815 bits per heavy atom. The van der Waals surface area contributed by atoms with Gasteiger partial charge in [-0.3, -0.25) is 9.78 Å². The van der Waals surface area contributed by atoms with E-state index in [1.54, 1.807) is 0 Å². The number of nitrogens with zero attached hydrogens (tertiary/aromatic N) is 1. The van der Waals surface area contributed by atoms with Crippen molar-refractivity contribution in [3.05, 3.63) is 88.7 Å². The van der Waals surface area contributed by atoms with Crippen LogP contribution in [0.25, 0.3) is 11.1 Å². The first-order valence-electron chi connectivity index (χ1n) is 9.93. The number of rotatable bonds is 2. The molecule has 2 nitrogen and oxygen atoms in total. The highest BCUT2D eigenvalue weighted by atomic mass is 16.1. The maximum absolute atomic E-state index is 13.1. The van der Waals surface area contributed by atoms with Crippen molar-refractivity contribution in [1.29, 1.82) is 0 Å². The van der Waals surface area contributed by atoms with Gasteiger partial charge in [-0.15, -0.1) is 0 Å². The molecule has 0 saturated heterocycles. The number of aromatic nitrogens is 1. The van der Waals surface area contributed by atoms with E-state index in [4.69, 9.17) is 0 Å². The van der Waals surface area contributed by atoms with Crippen molar-refractivity contribution < 1.29 is 4.79 Å². The Hall–Kier alpha value is -2.74. The molecule has 0 unspecified atom stereocenters. The van der Waals surface area contributed by atoms with Crippen LogP contribution in [0.5, 0.6) is 0 Å². The summed E-state index contributed by atoms with van der Waals surface area (Å²) in [5.74, 6) is 0.255. The highest BCUT2D eigenvalue weighted by molar-refractivity contribution is 5.99. The monoisotopic (exact) mass is 355 g/mol. The van der Waals surface area contributed by atoms with Crippen LogP contribution in [-0.2, 0) is 25.7 Å². The van der Waals surface area contributed by atoms with Crippen LogP contribution in [0.15, 0.2) is 60.8 Å². The highest BCUT2D eigenvalue weighted by Crippen LogP contribution is 2.28. The molecule has 0 saturated carbocycles. The van der Waals surface area contributed by atoms with Crippen molar-refractivity contribution in [2.45, 2.75) is 45.4 Å². The van der Waals surface area contributed by atoms with E-state index in [-0.39, 0.29) is 5.78 Å². The minimum absolute atomic E-state index is 0.255. The van der Waals surface area contributed by atoms with Crippen LogP contribution in [0.2, 0.25) is 0 Å². The fourth-order valence-corrected chi connectivity index (χ4v) is 4.10. The lowest BCUT2D eigenvalue weighted by atomic mass is 9.88. The lowest BCUT2D eigenvalue weighted by Crippen LogP contribution is -2.09. The average Bonchev–Trinajstić information content (AvgIpc) is 2.72. The van der Waals surface area contributed by atoms with E-state index in [1.165, 1.54) is 16.7 Å². The van der Waals surface area contributed by atoms with Gasteiger partial charge < -0.3 is 0 Å². The van der Waals surface area contributed by atoms with Crippen LogP contribution in [0.3, 0.4) is 0 Å². The van der Waals surface area contributed by atoms with Gasteiger partial charge in [0.25, 0.3) is 0 Å². The predicted molar refractivity (Wildman–Crippen MR) is 110 cm³/mol. The van der Waals surface area contributed by atoms with Crippen molar-refractivity contribution in [3.63, 3.8) is 0 Å². The second kappa shape index (κ2) is 7.87. The highest BCUT2D eigenvalue weighted by Gasteiger charge is 2.17. The summed E-state index contributed by atoms with van der Waals surface area (Å²) in [6.07, 6.45) is 7.22. The summed E-state index contributed by atoms with van der Waals surface area (Å²) in [6, 6.07) is 19.0. The molecule has 0 bridgehead atoms. The fraction of sp³-hybridized carbons (Fsp3) is 0.280. The molecule has 136 valence electrons. The Bertz CT molecular complexity index is 974. The number of hydrogen-bond donors (Lipinski definition) is 0. The van der Waals surface area contributed by atoms with Gasteiger partial charge in [-0.25, -0.2) is 0 Å². The van der Waals surface area contributed by atoms with Gasteiger partial charge in [0.15, 0.2) is 5.78 Å². The molecule has 0 amide bonds. The maximum Gasteiger partial charge on any atom is 0.163 e. The number of hydrogen-bond acceptors (Lipinski definition) is 2. The summed E-state index contributed by atoms with van der Waals surface area (Å²) in [5, 5.41) is 0. The second-order valence-electron chi connectivity index (χ2n) is 7.27. The topological polar surface area (TPSA) is 30.0 Å². The molecule has 1 aliphatic carbocycles. The van der Waals surface area contributed by atoms with Gasteiger partial charge in [0.05, 0.1) is 0 Å². The number of carbonyl (C=O) groups excluding carboxylic acids is 1. The molecule has 0 radical (unpaired) electrons. The molecule has 0 aliphatic heterocycles. The Morgan fingerprint density at radius 3 is 2.41 bits per heavy atom. The number of pyridine rings is 1. The fourth-order valence-electron chi connectivity index (χ4n) is 4.10. The van der Waals surface area contributed by atoms with Gasteiger partial charge in [-0.05, 0) is 66.5 Å². The second-order valence-corrected chi connectivity index (χ2v) is 7.27. The molecule has 1 aromatic heterocycles. The largest absolute Gasteiger partial charge is 0.294 e. The van der Waals surface area contributed by atoms with Crippen LogP contribution in [0, 0.1) is 0 Å². The lowest BCUT2D eigenvalue weighted by molar-refractivity contribution is 0.0981. The lowest BCUT2D eigenvalue weighted by Gasteiger charge is -2.16. The molecular weight excluding hydrogens is 330 g/mol. The van der Waals surface area contributed by atoms with E-state index in [0.717, 1.165) is 54.5 Å². The summed E-state index contributed by atoms with van der Waals surface area (Å²) < 4.78 is 0.